The summed E-state index contributed by atoms with van der Waals surface area (Å²) in [4.78, 5) is 11.7. The molecule has 0 aromatic heterocycles. The van der Waals surface area contributed by atoms with Crippen molar-refractivity contribution in [2.45, 2.75) is 26.7 Å². The van der Waals surface area contributed by atoms with E-state index < -0.39 is 0 Å². The number of aliphatic hydroxyl groups is 1. The molecule has 0 spiro atoms. The van der Waals surface area contributed by atoms with Gasteiger partial charge >= 0.3 is 0 Å². The predicted molar refractivity (Wildman–Crippen MR) is 85.1 cm³/mol. The second-order valence-corrected chi connectivity index (χ2v) is 6.45. The van der Waals surface area contributed by atoms with Gasteiger partial charge in [-0.2, -0.15) is 0 Å². The van der Waals surface area contributed by atoms with Crippen molar-refractivity contribution < 1.29 is 14.6 Å². The summed E-state index contributed by atoms with van der Waals surface area (Å²) in [5.74, 6) is 0.303. The molecule has 0 heterocycles. The fourth-order valence-electron chi connectivity index (χ4n) is 1.75. The Balaban J connectivity index is 2.35. The highest BCUT2D eigenvalue weighted by atomic mass is 35.5. The zero-order valence-electron chi connectivity index (χ0n) is 12.3. The number of hydrogen-bond donors (Lipinski definition) is 2. The monoisotopic (exact) mass is 333 g/mol. The van der Waals surface area contributed by atoms with E-state index in [1.807, 2.05) is 13.8 Å². The molecular formula is C15H21Cl2NO3. The van der Waals surface area contributed by atoms with Crippen molar-refractivity contribution in [2.75, 3.05) is 19.8 Å². The Labute approximate surface area is 135 Å². The van der Waals surface area contributed by atoms with Crippen molar-refractivity contribution in [3.63, 3.8) is 0 Å². The smallest absolute Gasteiger partial charge is 0.257 e. The number of carbonyl (C=O) groups excluding carboxylic acids is 1. The molecule has 0 fully saturated rings. The van der Waals surface area contributed by atoms with Crippen LogP contribution in [-0.2, 0) is 4.79 Å². The van der Waals surface area contributed by atoms with E-state index in [-0.39, 0.29) is 24.5 Å². The van der Waals surface area contributed by atoms with Crippen LogP contribution in [0.3, 0.4) is 0 Å². The molecule has 0 aliphatic carbocycles. The fraction of sp³-hybridized carbons (Fsp3) is 0.533. The van der Waals surface area contributed by atoms with E-state index in [1.165, 1.54) is 0 Å². The van der Waals surface area contributed by atoms with Crippen molar-refractivity contribution in [2.24, 2.45) is 5.41 Å². The molecule has 21 heavy (non-hydrogen) atoms. The van der Waals surface area contributed by atoms with Crippen LogP contribution >= 0.6 is 23.2 Å². The molecule has 118 valence electrons. The van der Waals surface area contributed by atoms with Gasteiger partial charge in [-0.25, -0.2) is 0 Å². The van der Waals surface area contributed by atoms with E-state index in [0.29, 0.717) is 22.3 Å². The van der Waals surface area contributed by atoms with E-state index in [1.54, 1.807) is 18.2 Å². The Bertz CT molecular complexity index is 478. The van der Waals surface area contributed by atoms with Gasteiger partial charge in [0.05, 0.1) is 10.0 Å². The number of amides is 1. The lowest BCUT2D eigenvalue weighted by Gasteiger charge is -2.24. The number of carbonyl (C=O) groups is 1. The average molecular weight is 334 g/mol. The zero-order chi connectivity index (χ0) is 15.9. The minimum Gasteiger partial charge on any atom is -0.484 e. The molecule has 1 rings (SSSR count). The highest BCUT2D eigenvalue weighted by Gasteiger charge is 2.18. The van der Waals surface area contributed by atoms with Gasteiger partial charge in [-0.15, -0.1) is 0 Å². The minimum atomic E-state index is -0.196. The number of halogens is 2. The van der Waals surface area contributed by atoms with E-state index in [2.05, 4.69) is 5.32 Å². The zero-order valence-corrected chi connectivity index (χ0v) is 13.8. The molecule has 2 N–H and O–H groups in total. The maximum absolute atomic E-state index is 11.7. The molecule has 0 aliphatic heterocycles. The Morgan fingerprint density at radius 2 is 2.05 bits per heavy atom. The van der Waals surface area contributed by atoms with Gasteiger partial charge in [0.1, 0.15) is 5.75 Å². The number of benzene rings is 1. The number of nitrogens with one attached hydrogen (secondary N) is 1. The van der Waals surface area contributed by atoms with Gasteiger partial charge < -0.3 is 15.2 Å². The van der Waals surface area contributed by atoms with Crippen molar-refractivity contribution in [3.05, 3.63) is 28.2 Å². The average Bonchev–Trinajstić information content (AvgIpc) is 2.44. The third-order valence-electron chi connectivity index (χ3n) is 3.04. The summed E-state index contributed by atoms with van der Waals surface area (Å²) in [7, 11) is 0. The largest absolute Gasteiger partial charge is 0.484 e. The van der Waals surface area contributed by atoms with Crippen LogP contribution in [0.2, 0.25) is 10.0 Å². The third-order valence-corrected chi connectivity index (χ3v) is 3.78. The molecule has 1 aromatic carbocycles. The number of ether oxygens (including phenoxy) is 1. The molecule has 1 aromatic rings. The standard InChI is InChI=1S/C15H21Cl2NO3/c1-15(2,6-3-7-19)10-18-14(20)9-21-11-4-5-12(16)13(17)8-11/h4-5,8,19H,3,6-7,9-10H2,1-2H3,(H,18,20). The summed E-state index contributed by atoms with van der Waals surface area (Å²) in [5, 5.41) is 12.5. The van der Waals surface area contributed by atoms with Crippen LogP contribution in [0, 0.1) is 5.41 Å². The summed E-state index contributed by atoms with van der Waals surface area (Å²) in [6, 6.07) is 4.85. The van der Waals surface area contributed by atoms with Crippen LogP contribution in [0.4, 0.5) is 0 Å². The van der Waals surface area contributed by atoms with E-state index in [9.17, 15) is 4.79 Å². The minimum absolute atomic E-state index is 0.0536. The fourth-order valence-corrected chi connectivity index (χ4v) is 2.04. The van der Waals surface area contributed by atoms with Crippen molar-refractivity contribution in [1.82, 2.24) is 5.32 Å². The molecule has 0 saturated carbocycles. The summed E-state index contributed by atoms with van der Waals surface area (Å²) < 4.78 is 5.35. The molecule has 0 unspecified atom stereocenters. The summed E-state index contributed by atoms with van der Waals surface area (Å²) in [6.07, 6.45) is 1.57. The van der Waals surface area contributed by atoms with E-state index in [4.69, 9.17) is 33.0 Å². The first kappa shape index (κ1) is 18.1. The van der Waals surface area contributed by atoms with E-state index >= 15 is 0 Å². The Morgan fingerprint density at radius 1 is 1.33 bits per heavy atom. The number of rotatable bonds is 8. The maximum atomic E-state index is 11.7. The summed E-state index contributed by atoms with van der Waals surface area (Å²) in [5.41, 5.74) is -0.0536. The Kier molecular flexibility index (Phi) is 7.29. The quantitative estimate of drug-likeness (QED) is 0.767. The summed E-state index contributed by atoms with van der Waals surface area (Å²) >= 11 is 11.7. The van der Waals surface area contributed by atoms with Crippen molar-refractivity contribution >= 4 is 29.1 Å². The molecule has 6 heteroatoms. The second kappa shape index (κ2) is 8.47. The van der Waals surface area contributed by atoms with Gasteiger partial charge in [-0.05, 0) is 30.4 Å². The Hall–Kier alpha value is -0.970. The van der Waals surface area contributed by atoms with Crippen molar-refractivity contribution in [1.29, 1.82) is 0 Å². The van der Waals surface area contributed by atoms with Crippen LogP contribution in [-0.4, -0.2) is 30.8 Å². The number of aliphatic hydroxyl groups excluding tert-OH is 1. The highest BCUT2D eigenvalue weighted by Crippen LogP contribution is 2.26. The first-order valence-electron chi connectivity index (χ1n) is 6.79. The number of hydrogen-bond acceptors (Lipinski definition) is 3. The van der Waals surface area contributed by atoms with Crippen LogP contribution in [0.25, 0.3) is 0 Å². The third kappa shape index (κ3) is 7.02. The predicted octanol–water partition coefficient (Wildman–Crippen LogP) is 3.29. The lowest BCUT2D eigenvalue weighted by atomic mass is 9.88. The maximum Gasteiger partial charge on any atom is 0.257 e. The molecule has 0 bridgehead atoms. The van der Waals surface area contributed by atoms with Gasteiger partial charge in [0.15, 0.2) is 6.61 Å². The highest BCUT2D eigenvalue weighted by molar-refractivity contribution is 6.42. The van der Waals surface area contributed by atoms with Crippen LogP contribution in [0.5, 0.6) is 5.75 Å². The molecule has 4 nitrogen and oxygen atoms in total. The summed E-state index contributed by atoms with van der Waals surface area (Å²) in [6.45, 7) is 4.72. The second-order valence-electron chi connectivity index (χ2n) is 5.63. The van der Waals surface area contributed by atoms with Gasteiger partial charge in [0.2, 0.25) is 0 Å². The van der Waals surface area contributed by atoms with Crippen LogP contribution < -0.4 is 10.1 Å². The van der Waals surface area contributed by atoms with E-state index in [0.717, 1.165) is 12.8 Å². The lowest BCUT2D eigenvalue weighted by molar-refractivity contribution is -0.123. The van der Waals surface area contributed by atoms with Crippen LogP contribution in [0.15, 0.2) is 18.2 Å². The SMILES string of the molecule is CC(C)(CCCO)CNC(=O)COc1ccc(Cl)c(Cl)c1. The molecule has 1 amide bonds. The van der Waals surface area contributed by atoms with Gasteiger partial charge in [0.25, 0.3) is 5.91 Å². The molecule has 0 atom stereocenters. The lowest BCUT2D eigenvalue weighted by Crippen LogP contribution is -2.36. The van der Waals surface area contributed by atoms with Gasteiger partial charge in [-0.3, -0.25) is 4.79 Å². The van der Waals surface area contributed by atoms with Gasteiger partial charge in [0, 0.05) is 19.2 Å². The first-order valence-corrected chi connectivity index (χ1v) is 7.55. The normalized spacial score (nSPS) is 11.3. The molecule has 0 radical (unpaired) electrons. The van der Waals surface area contributed by atoms with Crippen LogP contribution in [0.1, 0.15) is 26.7 Å². The Morgan fingerprint density at radius 3 is 2.67 bits per heavy atom. The molecular weight excluding hydrogens is 313 g/mol. The molecule has 0 saturated heterocycles. The molecule has 0 aliphatic rings. The van der Waals surface area contributed by atoms with Gasteiger partial charge in [-0.1, -0.05) is 37.0 Å². The van der Waals surface area contributed by atoms with Crippen molar-refractivity contribution in [3.8, 4) is 5.75 Å². The first-order chi connectivity index (χ1) is 9.84. The topological polar surface area (TPSA) is 58.6 Å².